The van der Waals surface area contributed by atoms with Crippen LogP contribution in [0.2, 0.25) is 0 Å². The lowest BCUT2D eigenvalue weighted by Gasteiger charge is -2.12. The van der Waals surface area contributed by atoms with E-state index in [0.29, 0.717) is 11.3 Å². The molecule has 0 aliphatic rings. The molecule has 0 amide bonds. The highest BCUT2D eigenvalue weighted by molar-refractivity contribution is 9.10. The molecule has 0 saturated heterocycles. The summed E-state index contributed by atoms with van der Waals surface area (Å²) in [6.45, 7) is 7.09. The van der Waals surface area contributed by atoms with Gasteiger partial charge in [-0.05, 0) is 18.2 Å². The summed E-state index contributed by atoms with van der Waals surface area (Å²) in [4.78, 5) is 3.99. The number of ether oxygens (including phenoxy) is 1. The largest absolute Gasteiger partial charge is 0.491 e. The van der Waals surface area contributed by atoms with Gasteiger partial charge in [-0.3, -0.25) is 4.99 Å². The van der Waals surface area contributed by atoms with Gasteiger partial charge < -0.3 is 9.84 Å². The second-order valence-corrected chi connectivity index (χ2v) is 4.97. The van der Waals surface area contributed by atoms with Gasteiger partial charge in [0.1, 0.15) is 12.4 Å². The zero-order valence-electron chi connectivity index (χ0n) is 11.4. The van der Waals surface area contributed by atoms with E-state index in [1.807, 2.05) is 0 Å². The Morgan fingerprint density at radius 3 is 2.76 bits per heavy atom. The summed E-state index contributed by atoms with van der Waals surface area (Å²) in [5.74, 6) is 0.260. The normalized spacial score (nSPS) is 11.6. The number of alkyl halides is 2. The van der Waals surface area contributed by atoms with E-state index in [9.17, 15) is 8.78 Å². The molecule has 0 atom stereocenters. The molecule has 0 aliphatic heterocycles. The zero-order valence-corrected chi connectivity index (χ0v) is 12.9. The SMILES string of the molecule is C=CCC(=Nc1ccc(Br)cc1C(=C)OCCO)C(F)F. The van der Waals surface area contributed by atoms with E-state index in [1.165, 1.54) is 6.08 Å². The molecule has 0 saturated carbocycles. The van der Waals surface area contributed by atoms with Gasteiger partial charge in [-0.2, -0.15) is 0 Å². The molecule has 0 radical (unpaired) electrons. The van der Waals surface area contributed by atoms with Crippen molar-refractivity contribution in [3.63, 3.8) is 0 Å². The molecule has 0 aromatic heterocycles. The Bertz CT molecular complexity index is 544. The first kappa shape index (κ1) is 17.5. The van der Waals surface area contributed by atoms with Crippen molar-refractivity contribution in [2.24, 2.45) is 4.99 Å². The van der Waals surface area contributed by atoms with Crippen LogP contribution in [0.5, 0.6) is 0 Å². The second kappa shape index (κ2) is 8.69. The maximum absolute atomic E-state index is 12.9. The van der Waals surface area contributed by atoms with Gasteiger partial charge in [0, 0.05) is 16.5 Å². The van der Waals surface area contributed by atoms with E-state index >= 15 is 0 Å². The molecular weight excluding hydrogens is 344 g/mol. The molecular formula is C15H16BrF2NO2. The molecule has 1 aromatic carbocycles. The van der Waals surface area contributed by atoms with Crippen LogP contribution in [-0.2, 0) is 4.74 Å². The number of hydrogen-bond donors (Lipinski definition) is 1. The second-order valence-electron chi connectivity index (χ2n) is 4.05. The zero-order chi connectivity index (χ0) is 15.8. The molecule has 0 unspecified atom stereocenters. The first-order valence-electron chi connectivity index (χ1n) is 6.18. The Labute approximate surface area is 130 Å². The molecule has 21 heavy (non-hydrogen) atoms. The minimum atomic E-state index is -2.66. The Morgan fingerprint density at radius 2 is 2.19 bits per heavy atom. The van der Waals surface area contributed by atoms with Gasteiger partial charge in [-0.1, -0.05) is 28.6 Å². The van der Waals surface area contributed by atoms with E-state index in [0.717, 1.165) is 4.47 Å². The summed E-state index contributed by atoms with van der Waals surface area (Å²) in [5.41, 5.74) is 0.543. The topological polar surface area (TPSA) is 41.8 Å². The van der Waals surface area contributed by atoms with Gasteiger partial charge in [0.2, 0.25) is 0 Å². The van der Waals surface area contributed by atoms with E-state index in [4.69, 9.17) is 9.84 Å². The standard InChI is InChI=1S/C15H16BrF2NO2/c1-3-4-14(15(17)18)19-13-6-5-11(16)9-12(13)10(2)21-8-7-20/h3,5-6,9,15,20H,1-2,4,7-8H2. The average molecular weight is 360 g/mol. The lowest BCUT2D eigenvalue weighted by Crippen LogP contribution is -2.09. The van der Waals surface area contributed by atoms with Gasteiger partial charge in [-0.25, -0.2) is 8.78 Å². The van der Waals surface area contributed by atoms with E-state index in [2.05, 4.69) is 34.1 Å². The van der Waals surface area contributed by atoms with Crippen molar-refractivity contribution in [1.29, 1.82) is 0 Å². The smallest absolute Gasteiger partial charge is 0.276 e. The number of halogens is 3. The van der Waals surface area contributed by atoms with E-state index in [-0.39, 0.29) is 31.1 Å². The number of benzene rings is 1. The minimum Gasteiger partial charge on any atom is -0.491 e. The van der Waals surface area contributed by atoms with Crippen molar-refractivity contribution < 1.29 is 18.6 Å². The predicted molar refractivity (Wildman–Crippen MR) is 84.1 cm³/mol. The van der Waals surface area contributed by atoms with Crippen molar-refractivity contribution in [2.75, 3.05) is 13.2 Å². The summed E-state index contributed by atoms with van der Waals surface area (Å²) >= 11 is 3.30. The van der Waals surface area contributed by atoms with Crippen LogP contribution in [0.1, 0.15) is 12.0 Å². The fraction of sp³-hybridized carbons (Fsp3) is 0.267. The molecule has 0 heterocycles. The van der Waals surface area contributed by atoms with E-state index < -0.39 is 6.43 Å². The van der Waals surface area contributed by atoms with Crippen LogP contribution in [0.25, 0.3) is 5.76 Å². The molecule has 1 aromatic rings. The Hall–Kier alpha value is -1.53. The first-order chi connectivity index (χ1) is 9.99. The number of rotatable bonds is 8. The Morgan fingerprint density at radius 1 is 1.48 bits per heavy atom. The van der Waals surface area contributed by atoms with Crippen LogP contribution in [0.15, 0.2) is 46.9 Å². The third-order valence-electron chi connectivity index (χ3n) is 2.50. The van der Waals surface area contributed by atoms with Crippen LogP contribution in [0.3, 0.4) is 0 Å². The number of aliphatic hydroxyl groups is 1. The first-order valence-corrected chi connectivity index (χ1v) is 6.97. The molecule has 1 N–H and O–H groups in total. The van der Waals surface area contributed by atoms with Crippen molar-refractivity contribution in [3.8, 4) is 0 Å². The molecule has 0 bridgehead atoms. The maximum Gasteiger partial charge on any atom is 0.276 e. The average Bonchev–Trinajstić information content (AvgIpc) is 2.45. The Kier molecular flexibility index (Phi) is 7.25. The molecule has 0 fully saturated rings. The molecule has 1 rings (SSSR count). The maximum atomic E-state index is 12.9. The van der Waals surface area contributed by atoms with Crippen molar-refractivity contribution in [1.82, 2.24) is 0 Å². The van der Waals surface area contributed by atoms with Crippen LogP contribution in [-0.4, -0.2) is 30.5 Å². The number of hydrogen-bond acceptors (Lipinski definition) is 3. The third-order valence-corrected chi connectivity index (χ3v) is 2.99. The fourth-order valence-electron chi connectivity index (χ4n) is 1.56. The van der Waals surface area contributed by atoms with E-state index in [1.54, 1.807) is 18.2 Å². The highest BCUT2D eigenvalue weighted by atomic mass is 79.9. The van der Waals surface area contributed by atoms with Gasteiger partial charge in [0.25, 0.3) is 6.43 Å². The monoisotopic (exact) mass is 359 g/mol. The van der Waals surface area contributed by atoms with Crippen molar-refractivity contribution in [3.05, 3.63) is 47.5 Å². The lowest BCUT2D eigenvalue weighted by molar-refractivity contribution is 0.181. The van der Waals surface area contributed by atoms with Crippen molar-refractivity contribution in [2.45, 2.75) is 12.8 Å². The highest BCUT2D eigenvalue weighted by Gasteiger charge is 2.14. The molecule has 114 valence electrons. The number of allylic oxidation sites excluding steroid dienone is 1. The number of aliphatic imine (C=N–C) groups is 1. The Balaban J connectivity index is 3.19. The summed E-state index contributed by atoms with van der Waals surface area (Å²) in [5, 5.41) is 8.76. The molecule has 0 aliphatic carbocycles. The summed E-state index contributed by atoms with van der Waals surface area (Å²) in [6.07, 6.45) is -1.29. The molecule has 6 heteroatoms. The third kappa shape index (κ3) is 5.40. The van der Waals surface area contributed by atoms with Crippen LogP contribution in [0, 0.1) is 0 Å². The summed E-state index contributed by atoms with van der Waals surface area (Å²) in [6, 6.07) is 4.96. The van der Waals surface area contributed by atoms with Crippen LogP contribution < -0.4 is 0 Å². The molecule has 0 spiro atoms. The number of nitrogens with zero attached hydrogens (tertiary/aromatic N) is 1. The van der Waals surface area contributed by atoms with Gasteiger partial charge >= 0.3 is 0 Å². The van der Waals surface area contributed by atoms with Crippen LogP contribution >= 0.6 is 15.9 Å². The van der Waals surface area contributed by atoms with Gasteiger partial charge in [-0.15, -0.1) is 6.58 Å². The minimum absolute atomic E-state index is 0.00283. The molecule has 3 nitrogen and oxygen atoms in total. The fourth-order valence-corrected chi connectivity index (χ4v) is 1.92. The lowest BCUT2D eigenvalue weighted by atomic mass is 10.1. The van der Waals surface area contributed by atoms with Gasteiger partial charge in [0.05, 0.1) is 18.0 Å². The highest BCUT2D eigenvalue weighted by Crippen LogP contribution is 2.30. The van der Waals surface area contributed by atoms with Gasteiger partial charge in [0.15, 0.2) is 0 Å². The summed E-state index contributed by atoms with van der Waals surface area (Å²) in [7, 11) is 0. The quantitative estimate of drug-likeness (QED) is 0.426. The summed E-state index contributed by atoms with van der Waals surface area (Å²) < 4.78 is 31.8. The predicted octanol–water partition coefficient (Wildman–Crippen LogP) is 4.34. The van der Waals surface area contributed by atoms with Crippen LogP contribution in [0.4, 0.5) is 14.5 Å². The van der Waals surface area contributed by atoms with Crippen molar-refractivity contribution >= 4 is 33.1 Å². The number of aliphatic hydroxyl groups excluding tert-OH is 1.